The summed E-state index contributed by atoms with van der Waals surface area (Å²) in [5, 5.41) is 19.6. The van der Waals surface area contributed by atoms with E-state index in [0.29, 0.717) is 6.42 Å². The molecule has 0 aliphatic heterocycles. The van der Waals surface area contributed by atoms with Gasteiger partial charge >= 0.3 is 11.9 Å². The molecule has 0 saturated carbocycles. The van der Waals surface area contributed by atoms with E-state index in [1.54, 1.807) is 6.92 Å². The largest absolute Gasteiger partial charge is 0.481 e. The van der Waals surface area contributed by atoms with Gasteiger partial charge in [0, 0.05) is 18.9 Å². The zero-order valence-corrected chi connectivity index (χ0v) is 9.68. The molecule has 7 nitrogen and oxygen atoms in total. The topological polar surface area (TPSA) is 130 Å². The van der Waals surface area contributed by atoms with E-state index in [0.717, 1.165) is 0 Å². The van der Waals surface area contributed by atoms with Crippen LogP contribution in [0.4, 0.5) is 0 Å². The van der Waals surface area contributed by atoms with Crippen LogP contribution in [0.15, 0.2) is 0 Å². The molecule has 17 heavy (non-hydrogen) atoms. The number of amides is 1. The number of hydrogen-bond donors (Lipinski definition) is 4. The highest BCUT2D eigenvalue weighted by Gasteiger charge is 2.24. The van der Waals surface area contributed by atoms with Gasteiger partial charge in [0.25, 0.3) is 0 Å². The van der Waals surface area contributed by atoms with Gasteiger partial charge in [-0.3, -0.25) is 9.59 Å². The Kier molecular flexibility index (Phi) is 6.88. The molecule has 1 amide bonds. The Labute approximate surface area is 99.0 Å². The molecule has 0 aromatic heterocycles. The lowest BCUT2D eigenvalue weighted by Gasteiger charge is -2.17. The summed E-state index contributed by atoms with van der Waals surface area (Å²) in [5.74, 6) is -3.24. The first kappa shape index (κ1) is 15.4. The van der Waals surface area contributed by atoms with E-state index in [2.05, 4.69) is 5.32 Å². The Morgan fingerprint density at radius 3 is 2.24 bits per heavy atom. The Bertz CT molecular complexity index is 288. The van der Waals surface area contributed by atoms with E-state index in [1.807, 2.05) is 0 Å². The number of carbonyl (C=O) groups excluding carboxylic acids is 1. The molecule has 0 heterocycles. The van der Waals surface area contributed by atoms with Crippen LogP contribution in [0.1, 0.15) is 26.2 Å². The third kappa shape index (κ3) is 5.86. The highest BCUT2D eigenvalue weighted by Crippen LogP contribution is 2.04. The molecule has 0 bridgehead atoms. The highest BCUT2D eigenvalue weighted by molar-refractivity contribution is 5.85. The minimum atomic E-state index is -1.24. The van der Waals surface area contributed by atoms with Crippen LogP contribution in [-0.2, 0) is 14.4 Å². The normalized spacial score (nSPS) is 13.8. The van der Waals surface area contributed by atoms with Crippen molar-refractivity contribution in [3.8, 4) is 0 Å². The Balaban J connectivity index is 4.38. The van der Waals surface area contributed by atoms with Crippen molar-refractivity contribution >= 4 is 17.8 Å². The fourth-order valence-electron chi connectivity index (χ4n) is 1.27. The van der Waals surface area contributed by atoms with Crippen molar-refractivity contribution in [1.82, 2.24) is 5.32 Å². The average Bonchev–Trinajstić information content (AvgIpc) is 2.25. The van der Waals surface area contributed by atoms with Gasteiger partial charge in [-0.2, -0.15) is 0 Å². The summed E-state index contributed by atoms with van der Waals surface area (Å²) in [7, 11) is 0. The van der Waals surface area contributed by atoms with Gasteiger partial charge in [-0.1, -0.05) is 6.92 Å². The fourth-order valence-corrected chi connectivity index (χ4v) is 1.27. The lowest BCUT2D eigenvalue weighted by Crippen LogP contribution is -2.45. The predicted molar refractivity (Wildman–Crippen MR) is 59.3 cm³/mol. The molecule has 7 heteroatoms. The van der Waals surface area contributed by atoms with Gasteiger partial charge in [0.2, 0.25) is 5.91 Å². The molecule has 98 valence electrons. The van der Waals surface area contributed by atoms with E-state index >= 15 is 0 Å². The fraction of sp³-hybridized carbons (Fsp3) is 0.700. The summed E-state index contributed by atoms with van der Waals surface area (Å²) in [6, 6.07) is -1.18. The molecule has 0 aliphatic carbocycles. The van der Waals surface area contributed by atoms with Gasteiger partial charge in [0.1, 0.15) is 6.04 Å². The van der Waals surface area contributed by atoms with Gasteiger partial charge < -0.3 is 21.3 Å². The maximum Gasteiger partial charge on any atom is 0.326 e. The van der Waals surface area contributed by atoms with Crippen LogP contribution in [-0.4, -0.2) is 40.6 Å². The molecular weight excluding hydrogens is 228 g/mol. The van der Waals surface area contributed by atoms with Crippen molar-refractivity contribution in [1.29, 1.82) is 0 Å². The van der Waals surface area contributed by atoms with Crippen molar-refractivity contribution in [2.24, 2.45) is 11.7 Å². The number of carboxylic acids is 2. The number of rotatable bonds is 8. The number of aliphatic carboxylic acids is 2. The first-order valence-electron chi connectivity index (χ1n) is 5.37. The third-order valence-electron chi connectivity index (χ3n) is 2.41. The summed E-state index contributed by atoms with van der Waals surface area (Å²) >= 11 is 0. The SMILES string of the molecule is CCC(CN)C(=O)N[C@@H](CCC(=O)O)C(=O)O. The van der Waals surface area contributed by atoms with Crippen LogP contribution in [0, 0.1) is 5.92 Å². The van der Waals surface area contributed by atoms with Crippen LogP contribution < -0.4 is 11.1 Å². The minimum absolute atomic E-state index is 0.133. The van der Waals surface area contributed by atoms with Gasteiger partial charge in [-0.25, -0.2) is 4.79 Å². The second-order valence-corrected chi connectivity index (χ2v) is 3.67. The van der Waals surface area contributed by atoms with Gasteiger partial charge in [-0.15, -0.1) is 0 Å². The zero-order valence-electron chi connectivity index (χ0n) is 9.68. The van der Waals surface area contributed by atoms with Crippen LogP contribution >= 0.6 is 0 Å². The summed E-state index contributed by atoms with van der Waals surface area (Å²) < 4.78 is 0. The van der Waals surface area contributed by atoms with Crippen LogP contribution in [0.25, 0.3) is 0 Å². The average molecular weight is 246 g/mol. The first-order chi connectivity index (χ1) is 7.92. The molecule has 5 N–H and O–H groups in total. The van der Waals surface area contributed by atoms with Crippen molar-refractivity contribution in [3.05, 3.63) is 0 Å². The predicted octanol–water partition coefficient (Wildman–Crippen LogP) is -0.594. The Morgan fingerprint density at radius 2 is 1.88 bits per heavy atom. The Hall–Kier alpha value is -1.63. The van der Waals surface area contributed by atoms with Crippen LogP contribution in [0.5, 0.6) is 0 Å². The van der Waals surface area contributed by atoms with Gasteiger partial charge in [-0.05, 0) is 12.8 Å². The molecule has 0 aromatic carbocycles. The van der Waals surface area contributed by atoms with E-state index in [1.165, 1.54) is 0 Å². The molecule has 0 fully saturated rings. The van der Waals surface area contributed by atoms with Crippen molar-refractivity contribution < 1.29 is 24.6 Å². The number of nitrogens with two attached hydrogens (primary N) is 1. The van der Waals surface area contributed by atoms with Gasteiger partial charge in [0.05, 0.1) is 0 Å². The smallest absolute Gasteiger partial charge is 0.326 e. The van der Waals surface area contributed by atoms with Gasteiger partial charge in [0.15, 0.2) is 0 Å². The lowest BCUT2D eigenvalue weighted by atomic mass is 10.0. The molecule has 0 aliphatic rings. The molecular formula is C10H18N2O5. The minimum Gasteiger partial charge on any atom is -0.481 e. The molecule has 0 saturated heterocycles. The van der Waals surface area contributed by atoms with E-state index in [-0.39, 0.29) is 19.4 Å². The number of carboxylic acid groups (broad SMARTS) is 2. The molecule has 0 radical (unpaired) electrons. The summed E-state index contributed by atoms with van der Waals surface area (Å²) in [5.41, 5.74) is 5.36. The molecule has 0 spiro atoms. The molecule has 0 aromatic rings. The van der Waals surface area contributed by atoms with E-state index < -0.39 is 29.8 Å². The Morgan fingerprint density at radius 1 is 1.29 bits per heavy atom. The monoisotopic (exact) mass is 246 g/mol. The lowest BCUT2D eigenvalue weighted by molar-refractivity contribution is -0.143. The number of carbonyl (C=O) groups is 3. The number of nitrogens with one attached hydrogen (secondary N) is 1. The third-order valence-corrected chi connectivity index (χ3v) is 2.41. The zero-order chi connectivity index (χ0) is 13.4. The van der Waals surface area contributed by atoms with Crippen molar-refractivity contribution in [3.63, 3.8) is 0 Å². The standard InChI is InChI=1S/C10H18N2O5/c1-2-6(5-11)9(15)12-7(10(16)17)3-4-8(13)14/h6-7H,2-5,11H2,1H3,(H,12,15)(H,13,14)(H,16,17)/t6?,7-/m0/s1. The highest BCUT2D eigenvalue weighted by atomic mass is 16.4. The summed E-state index contributed by atoms with van der Waals surface area (Å²) in [4.78, 5) is 32.7. The van der Waals surface area contributed by atoms with Crippen molar-refractivity contribution in [2.45, 2.75) is 32.2 Å². The van der Waals surface area contributed by atoms with Crippen LogP contribution in [0.3, 0.4) is 0 Å². The number of hydrogen-bond acceptors (Lipinski definition) is 4. The quantitative estimate of drug-likeness (QED) is 0.452. The maximum absolute atomic E-state index is 11.6. The molecule has 0 rings (SSSR count). The second kappa shape index (κ2) is 7.61. The molecule has 2 atom stereocenters. The van der Waals surface area contributed by atoms with Crippen LogP contribution in [0.2, 0.25) is 0 Å². The molecule has 1 unspecified atom stereocenters. The van der Waals surface area contributed by atoms with E-state index in [4.69, 9.17) is 15.9 Å². The van der Waals surface area contributed by atoms with E-state index in [9.17, 15) is 14.4 Å². The maximum atomic E-state index is 11.6. The second-order valence-electron chi connectivity index (χ2n) is 3.67. The first-order valence-corrected chi connectivity index (χ1v) is 5.37. The summed E-state index contributed by atoms with van der Waals surface area (Å²) in [6.45, 7) is 1.90. The van der Waals surface area contributed by atoms with Crippen molar-refractivity contribution in [2.75, 3.05) is 6.54 Å². The summed E-state index contributed by atoms with van der Waals surface area (Å²) in [6.07, 6.45) is 0.0572.